The Morgan fingerprint density at radius 2 is 1.66 bits per heavy atom. The van der Waals surface area contributed by atoms with Gasteiger partial charge in [-0.05, 0) is 54.8 Å². The number of aryl methyl sites for hydroxylation is 1. The van der Waals surface area contributed by atoms with E-state index in [0.717, 1.165) is 15.4 Å². The van der Waals surface area contributed by atoms with Gasteiger partial charge in [0.1, 0.15) is 12.3 Å². The summed E-state index contributed by atoms with van der Waals surface area (Å²) >= 11 is 0. The second-order valence-electron chi connectivity index (χ2n) is 7.85. The number of sulfonamides is 1. The summed E-state index contributed by atoms with van der Waals surface area (Å²) in [5.41, 5.74) is 2.99. The molecule has 0 bridgehead atoms. The summed E-state index contributed by atoms with van der Waals surface area (Å²) < 4.78 is 33.3. The number of ether oxygens (including phenoxy) is 1. The zero-order valence-electron chi connectivity index (χ0n) is 18.7. The summed E-state index contributed by atoms with van der Waals surface area (Å²) in [5.74, 6) is 0.445. The van der Waals surface area contributed by atoms with Crippen LogP contribution in [0.5, 0.6) is 5.75 Å². The fourth-order valence-electron chi connectivity index (χ4n) is 3.21. The molecule has 0 aliphatic heterocycles. The van der Waals surface area contributed by atoms with E-state index < -0.39 is 15.9 Å². The summed E-state index contributed by atoms with van der Waals surface area (Å²) in [6.45, 7) is 5.66. The van der Waals surface area contributed by atoms with Crippen molar-refractivity contribution in [3.63, 3.8) is 0 Å². The molecule has 0 unspecified atom stereocenters. The highest BCUT2D eigenvalue weighted by Crippen LogP contribution is 2.26. The molecule has 168 valence electrons. The fourth-order valence-corrected chi connectivity index (χ4v) is 4.63. The van der Waals surface area contributed by atoms with Crippen LogP contribution in [0.25, 0.3) is 0 Å². The van der Waals surface area contributed by atoms with E-state index in [2.05, 4.69) is 19.2 Å². The number of methoxy groups -OCH3 is 1. The van der Waals surface area contributed by atoms with Gasteiger partial charge in [-0.25, -0.2) is 8.42 Å². The normalized spacial score (nSPS) is 11.3. The third kappa shape index (κ3) is 5.48. The molecule has 0 radical (unpaired) electrons. The maximum absolute atomic E-state index is 13.5. The highest BCUT2D eigenvalue weighted by molar-refractivity contribution is 7.92. The molecule has 0 aliphatic rings. The molecule has 0 spiro atoms. The van der Waals surface area contributed by atoms with E-state index in [1.807, 2.05) is 19.1 Å². The molecule has 6 nitrogen and oxygen atoms in total. The van der Waals surface area contributed by atoms with Gasteiger partial charge in [0.15, 0.2) is 0 Å². The van der Waals surface area contributed by atoms with Crippen LogP contribution in [0, 0.1) is 6.92 Å². The minimum Gasteiger partial charge on any atom is -0.497 e. The molecule has 1 amide bonds. The zero-order valence-corrected chi connectivity index (χ0v) is 19.5. The van der Waals surface area contributed by atoms with Crippen molar-refractivity contribution in [1.82, 2.24) is 0 Å². The van der Waals surface area contributed by atoms with Gasteiger partial charge in [0.2, 0.25) is 5.91 Å². The minimum atomic E-state index is -3.96. The molecule has 1 N–H and O–H groups in total. The molecule has 3 aromatic carbocycles. The third-order valence-electron chi connectivity index (χ3n) is 5.10. The highest BCUT2D eigenvalue weighted by Gasteiger charge is 2.27. The van der Waals surface area contributed by atoms with Gasteiger partial charge < -0.3 is 10.1 Å². The topological polar surface area (TPSA) is 75.7 Å². The smallest absolute Gasteiger partial charge is 0.264 e. The lowest BCUT2D eigenvalue weighted by molar-refractivity contribution is -0.114. The Morgan fingerprint density at radius 3 is 2.25 bits per heavy atom. The van der Waals surface area contributed by atoms with E-state index in [0.29, 0.717) is 23.0 Å². The summed E-state index contributed by atoms with van der Waals surface area (Å²) in [6.07, 6.45) is 0. The molecule has 32 heavy (non-hydrogen) atoms. The molecular formula is C25H28N2O4S. The number of anilines is 2. The van der Waals surface area contributed by atoms with E-state index in [4.69, 9.17) is 4.74 Å². The summed E-state index contributed by atoms with van der Waals surface area (Å²) in [7, 11) is -2.42. The first-order chi connectivity index (χ1) is 15.2. The molecule has 3 aromatic rings. The maximum atomic E-state index is 13.5. The molecule has 0 aliphatic carbocycles. The Bertz CT molecular complexity index is 1170. The molecule has 3 rings (SSSR count). The Labute approximate surface area is 189 Å². The predicted molar refractivity (Wildman–Crippen MR) is 128 cm³/mol. The van der Waals surface area contributed by atoms with Crippen LogP contribution in [0.3, 0.4) is 0 Å². The Kier molecular flexibility index (Phi) is 7.20. The van der Waals surface area contributed by atoms with Crippen molar-refractivity contribution in [3.05, 3.63) is 83.9 Å². The van der Waals surface area contributed by atoms with Crippen LogP contribution in [0.4, 0.5) is 11.4 Å². The van der Waals surface area contributed by atoms with Gasteiger partial charge in [-0.1, -0.05) is 49.7 Å². The van der Waals surface area contributed by atoms with Gasteiger partial charge in [-0.2, -0.15) is 0 Å². The fraction of sp³-hybridized carbons (Fsp3) is 0.240. The summed E-state index contributed by atoms with van der Waals surface area (Å²) in [4.78, 5) is 13.0. The van der Waals surface area contributed by atoms with E-state index >= 15 is 0 Å². The number of hydrogen-bond acceptors (Lipinski definition) is 4. The van der Waals surface area contributed by atoms with Crippen LogP contribution >= 0.6 is 0 Å². The van der Waals surface area contributed by atoms with Crippen LogP contribution in [-0.4, -0.2) is 28.0 Å². The van der Waals surface area contributed by atoms with E-state index in [1.165, 1.54) is 7.11 Å². The van der Waals surface area contributed by atoms with Crippen LogP contribution in [0.15, 0.2) is 77.7 Å². The van der Waals surface area contributed by atoms with Crippen LogP contribution in [0.2, 0.25) is 0 Å². The van der Waals surface area contributed by atoms with E-state index in [9.17, 15) is 13.2 Å². The van der Waals surface area contributed by atoms with Gasteiger partial charge >= 0.3 is 0 Å². The number of hydrogen-bond donors (Lipinski definition) is 1. The number of nitrogens with zero attached hydrogens (tertiary/aromatic N) is 1. The largest absolute Gasteiger partial charge is 0.497 e. The first kappa shape index (κ1) is 23.3. The highest BCUT2D eigenvalue weighted by atomic mass is 32.2. The average molecular weight is 453 g/mol. The number of nitrogens with one attached hydrogen (secondary N) is 1. The van der Waals surface area contributed by atoms with E-state index in [1.54, 1.807) is 60.7 Å². The van der Waals surface area contributed by atoms with Gasteiger partial charge in [-0.3, -0.25) is 9.10 Å². The van der Waals surface area contributed by atoms with Gasteiger partial charge in [-0.15, -0.1) is 0 Å². The average Bonchev–Trinajstić information content (AvgIpc) is 2.78. The Balaban J connectivity index is 1.94. The second kappa shape index (κ2) is 9.87. The van der Waals surface area contributed by atoms with Crippen LogP contribution in [0.1, 0.15) is 30.9 Å². The van der Waals surface area contributed by atoms with Crippen molar-refractivity contribution < 1.29 is 17.9 Å². The molecule has 0 atom stereocenters. The number of carbonyl (C=O) groups is 1. The number of amides is 1. The first-order valence-electron chi connectivity index (χ1n) is 10.3. The van der Waals surface area contributed by atoms with Crippen molar-refractivity contribution in [2.45, 2.75) is 31.6 Å². The van der Waals surface area contributed by atoms with Crippen molar-refractivity contribution in [2.75, 3.05) is 23.3 Å². The van der Waals surface area contributed by atoms with Gasteiger partial charge in [0.25, 0.3) is 10.0 Å². The number of rotatable bonds is 8. The Hall–Kier alpha value is -3.32. The third-order valence-corrected chi connectivity index (χ3v) is 6.89. The predicted octanol–water partition coefficient (Wildman–Crippen LogP) is 4.96. The SMILES string of the molecule is COc1cccc(NC(=O)CN(c2ccc(C(C)C)cc2)S(=O)(=O)c2ccc(C)cc2)c1. The first-order valence-corrected chi connectivity index (χ1v) is 11.8. The molecule has 0 saturated carbocycles. The Morgan fingerprint density at radius 1 is 1.00 bits per heavy atom. The molecule has 0 aromatic heterocycles. The number of benzene rings is 3. The lowest BCUT2D eigenvalue weighted by Crippen LogP contribution is -2.38. The quantitative estimate of drug-likeness (QED) is 0.524. The van der Waals surface area contributed by atoms with Crippen molar-refractivity contribution in [3.8, 4) is 5.75 Å². The monoisotopic (exact) mass is 452 g/mol. The number of carbonyl (C=O) groups excluding carboxylic acids is 1. The molecule has 0 fully saturated rings. The standard InChI is InChI=1S/C25H28N2O4S/c1-18(2)20-10-12-22(13-11-20)27(32(29,30)24-14-8-19(3)9-15-24)17-25(28)26-21-6-5-7-23(16-21)31-4/h5-16,18H,17H2,1-4H3,(H,26,28). The van der Waals surface area contributed by atoms with Crippen molar-refractivity contribution >= 4 is 27.3 Å². The summed E-state index contributed by atoms with van der Waals surface area (Å²) in [5, 5.41) is 2.75. The van der Waals surface area contributed by atoms with Crippen LogP contribution in [-0.2, 0) is 14.8 Å². The maximum Gasteiger partial charge on any atom is 0.264 e. The lowest BCUT2D eigenvalue weighted by atomic mass is 10.0. The molecule has 7 heteroatoms. The molecular weight excluding hydrogens is 424 g/mol. The zero-order chi connectivity index (χ0) is 23.3. The van der Waals surface area contributed by atoms with Crippen LogP contribution < -0.4 is 14.4 Å². The molecule has 0 saturated heterocycles. The van der Waals surface area contributed by atoms with E-state index in [-0.39, 0.29) is 11.4 Å². The van der Waals surface area contributed by atoms with Gasteiger partial charge in [0.05, 0.1) is 17.7 Å². The van der Waals surface area contributed by atoms with Crippen molar-refractivity contribution in [1.29, 1.82) is 0 Å². The second-order valence-corrected chi connectivity index (χ2v) is 9.71. The van der Waals surface area contributed by atoms with Crippen molar-refractivity contribution in [2.24, 2.45) is 0 Å². The summed E-state index contributed by atoms with van der Waals surface area (Å²) in [6, 6.07) is 20.7. The van der Waals surface area contributed by atoms with Gasteiger partial charge in [0, 0.05) is 11.8 Å². The lowest BCUT2D eigenvalue weighted by Gasteiger charge is -2.24. The molecule has 0 heterocycles. The minimum absolute atomic E-state index is 0.130.